The van der Waals surface area contributed by atoms with E-state index in [2.05, 4.69) is 75.5 Å². The summed E-state index contributed by atoms with van der Waals surface area (Å²) in [6.45, 7) is 8.05. The molecule has 0 radical (unpaired) electrons. The zero-order valence-corrected chi connectivity index (χ0v) is 20.9. The van der Waals surface area contributed by atoms with E-state index in [0.29, 0.717) is 6.61 Å². The highest BCUT2D eigenvalue weighted by Crippen LogP contribution is 2.10. The lowest BCUT2D eigenvalue weighted by atomic mass is 10.3. The molecule has 2 rings (SSSR count). The summed E-state index contributed by atoms with van der Waals surface area (Å²) in [5, 5.41) is 14.9. The maximum absolute atomic E-state index is 5.23. The number of para-hydroxylation sites is 1. The molecule has 8 nitrogen and oxygen atoms in total. The second-order valence-electron chi connectivity index (χ2n) is 7.06. The predicted octanol–water partition coefficient (Wildman–Crippen LogP) is 2.56. The van der Waals surface area contributed by atoms with Gasteiger partial charge in [0.05, 0.1) is 6.61 Å². The molecular formula is C21H36IN7O. The zero-order valence-electron chi connectivity index (χ0n) is 18.5. The molecule has 168 valence electrons. The summed E-state index contributed by atoms with van der Waals surface area (Å²) in [6.07, 6.45) is 3.62. The molecule has 0 fully saturated rings. The van der Waals surface area contributed by atoms with E-state index >= 15 is 0 Å². The van der Waals surface area contributed by atoms with Crippen molar-refractivity contribution in [2.75, 3.05) is 45.3 Å². The van der Waals surface area contributed by atoms with Crippen LogP contribution in [0.5, 0.6) is 0 Å². The number of hydrogen-bond acceptors (Lipinski definition) is 5. The lowest BCUT2D eigenvalue weighted by Gasteiger charge is -2.20. The molecule has 1 atom stereocenters. The van der Waals surface area contributed by atoms with Crippen LogP contribution in [0.2, 0.25) is 0 Å². The minimum atomic E-state index is 0. The van der Waals surface area contributed by atoms with Gasteiger partial charge in [-0.05, 0) is 25.5 Å². The molecule has 9 heteroatoms. The summed E-state index contributed by atoms with van der Waals surface area (Å²) in [4.78, 5) is 7.00. The van der Waals surface area contributed by atoms with Crippen LogP contribution in [-0.2, 0) is 17.7 Å². The molecule has 0 spiro atoms. The maximum Gasteiger partial charge on any atom is 0.191 e. The largest absolute Gasteiger partial charge is 0.383 e. The molecule has 1 heterocycles. The van der Waals surface area contributed by atoms with E-state index < -0.39 is 0 Å². The summed E-state index contributed by atoms with van der Waals surface area (Å²) in [6, 6.07) is 10.6. The van der Waals surface area contributed by atoms with Crippen LogP contribution in [-0.4, -0.2) is 67.2 Å². The number of rotatable bonds is 12. The quantitative estimate of drug-likeness (QED) is 0.191. The standard InChI is InChI=1S/C21H35N7O.HI/c1-5-20-26-24-17-28(20)15-13-23-21(25-18(2)16-29-4)22-12-9-14-27(3)19-10-7-6-8-11-19;/h6-8,10-11,17-18H,5,9,12-16H2,1-4H3,(H2,22,23,25);1H. The van der Waals surface area contributed by atoms with E-state index in [9.17, 15) is 0 Å². The van der Waals surface area contributed by atoms with E-state index in [0.717, 1.165) is 50.8 Å². The van der Waals surface area contributed by atoms with Gasteiger partial charge in [0.25, 0.3) is 0 Å². The molecule has 0 saturated heterocycles. The third kappa shape index (κ3) is 9.29. The van der Waals surface area contributed by atoms with Gasteiger partial charge in [0.2, 0.25) is 0 Å². The minimum Gasteiger partial charge on any atom is -0.383 e. The van der Waals surface area contributed by atoms with Crippen molar-refractivity contribution >= 4 is 35.6 Å². The van der Waals surface area contributed by atoms with Crippen molar-refractivity contribution in [2.45, 2.75) is 39.3 Å². The molecule has 30 heavy (non-hydrogen) atoms. The first-order valence-corrected chi connectivity index (χ1v) is 10.3. The highest BCUT2D eigenvalue weighted by atomic mass is 127. The van der Waals surface area contributed by atoms with Crippen molar-refractivity contribution < 1.29 is 4.74 Å². The normalized spacial score (nSPS) is 12.2. The Labute approximate surface area is 197 Å². The van der Waals surface area contributed by atoms with E-state index in [1.54, 1.807) is 13.4 Å². The van der Waals surface area contributed by atoms with Gasteiger partial charge in [0, 0.05) is 58.5 Å². The number of aliphatic imine (C=N–C) groups is 1. The maximum atomic E-state index is 5.23. The van der Waals surface area contributed by atoms with E-state index in [1.165, 1.54) is 5.69 Å². The highest BCUT2D eigenvalue weighted by Gasteiger charge is 2.07. The molecule has 1 unspecified atom stereocenters. The van der Waals surface area contributed by atoms with Crippen LogP contribution in [0, 0.1) is 0 Å². The average molecular weight is 529 g/mol. The van der Waals surface area contributed by atoms with Crippen molar-refractivity contribution in [3.05, 3.63) is 42.5 Å². The number of halogens is 1. The molecule has 0 amide bonds. The Bertz CT molecular complexity index is 723. The topological polar surface area (TPSA) is 79.6 Å². The van der Waals surface area contributed by atoms with Crippen LogP contribution in [0.3, 0.4) is 0 Å². The predicted molar refractivity (Wildman–Crippen MR) is 134 cm³/mol. The number of guanidine groups is 1. The van der Waals surface area contributed by atoms with Gasteiger partial charge < -0.3 is 24.8 Å². The second-order valence-corrected chi connectivity index (χ2v) is 7.06. The fraction of sp³-hybridized carbons (Fsp3) is 0.571. The lowest BCUT2D eigenvalue weighted by Crippen LogP contribution is -2.45. The third-order valence-electron chi connectivity index (χ3n) is 4.58. The van der Waals surface area contributed by atoms with Crippen molar-refractivity contribution in [2.24, 2.45) is 4.99 Å². The van der Waals surface area contributed by atoms with E-state index in [-0.39, 0.29) is 30.0 Å². The Balaban J connectivity index is 0.00000450. The number of aromatic nitrogens is 3. The molecule has 0 aliphatic rings. The number of nitrogens with one attached hydrogen (secondary N) is 2. The van der Waals surface area contributed by atoms with Crippen molar-refractivity contribution in [3.8, 4) is 0 Å². The molecular weight excluding hydrogens is 493 g/mol. The summed E-state index contributed by atoms with van der Waals surface area (Å²) in [5.74, 6) is 1.80. The number of hydrogen-bond donors (Lipinski definition) is 2. The number of methoxy groups -OCH3 is 1. The van der Waals surface area contributed by atoms with Crippen LogP contribution >= 0.6 is 24.0 Å². The second kappa shape index (κ2) is 15.0. The highest BCUT2D eigenvalue weighted by molar-refractivity contribution is 14.0. The smallest absolute Gasteiger partial charge is 0.191 e. The fourth-order valence-corrected chi connectivity index (χ4v) is 3.02. The van der Waals surface area contributed by atoms with E-state index in [4.69, 9.17) is 9.73 Å². The summed E-state index contributed by atoms with van der Waals surface area (Å²) in [7, 11) is 3.82. The molecule has 2 aromatic rings. The van der Waals surface area contributed by atoms with Crippen molar-refractivity contribution in [1.82, 2.24) is 25.4 Å². The first-order chi connectivity index (χ1) is 14.1. The van der Waals surface area contributed by atoms with Crippen LogP contribution in [0.25, 0.3) is 0 Å². The number of nitrogens with zero attached hydrogens (tertiary/aromatic N) is 5. The van der Waals surface area contributed by atoms with E-state index in [1.807, 2.05) is 6.07 Å². The van der Waals surface area contributed by atoms with Gasteiger partial charge in [-0.2, -0.15) is 0 Å². The molecule has 0 aliphatic heterocycles. The Kier molecular flexibility index (Phi) is 13.1. The van der Waals surface area contributed by atoms with Gasteiger partial charge in [0.1, 0.15) is 12.2 Å². The molecule has 2 N–H and O–H groups in total. The Morgan fingerprint density at radius 2 is 2.07 bits per heavy atom. The molecule has 0 bridgehead atoms. The van der Waals surface area contributed by atoms with Gasteiger partial charge in [-0.1, -0.05) is 25.1 Å². The number of ether oxygens (including phenoxy) is 1. The first kappa shape index (κ1) is 26.2. The first-order valence-electron chi connectivity index (χ1n) is 10.3. The average Bonchev–Trinajstić information content (AvgIpc) is 3.19. The number of benzene rings is 1. The number of anilines is 1. The summed E-state index contributed by atoms with van der Waals surface area (Å²) < 4.78 is 7.30. The van der Waals surface area contributed by atoms with Gasteiger partial charge in [-0.15, -0.1) is 34.2 Å². The molecule has 1 aromatic heterocycles. The number of aryl methyl sites for hydroxylation is 1. The van der Waals surface area contributed by atoms with Crippen LogP contribution in [0.15, 0.2) is 41.7 Å². The molecule has 0 aliphatic carbocycles. The summed E-state index contributed by atoms with van der Waals surface area (Å²) >= 11 is 0. The van der Waals surface area contributed by atoms with Crippen molar-refractivity contribution in [3.63, 3.8) is 0 Å². The monoisotopic (exact) mass is 529 g/mol. The van der Waals surface area contributed by atoms with Crippen LogP contribution < -0.4 is 15.5 Å². The van der Waals surface area contributed by atoms with Crippen molar-refractivity contribution in [1.29, 1.82) is 0 Å². The minimum absolute atomic E-state index is 0. The molecule has 0 saturated carbocycles. The molecule has 1 aromatic carbocycles. The fourth-order valence-electron chi connectivity index (χ4n) is 3.02. The van der Waals surface area contributed by atoms with Gasteiger partial charge in [-0.25, -0.2) is 0 Å². The Morgan fingerprint density at radius 3 is 2.77 bits per heavy atom. The van der Waals surface area contributed by atoms with Gasteiger partial charge >= 0.3 is 0 Å². The Morgan fingerprint density at radius 1 is 1.30 bits per heavy atom. The van der Waals surface area contributed by atoms with Crippen LogP contribution in [0.4, 0.5) is 5.69 Å². The lowest BCUT2D eigenvalue weighted by molar-refractivity contribution is 0.179. The Hall–Kier alpha value is -1.88. The van der Waals surface area contributed by atoms with Crippen LogP contribution in [0.1, 0.15) is 26.1 Å². The van der Waals surface area contributed by atoms with Gasteiger partial charge in [-0.3, -0.25) is 4.99 Å². The third-order valence-corrected chi connectivity index (χ3v) is 4.58. The summed E-state index contributed by atoms with van der Waals surface area (Å²) in [5.41, 5.74) is 1.22. The van der Waals surface area contributed by atoms with Gasteiger partial charge in [0.15, 0.2) is 5.96 Å². The SMILES string of the molecule is CCc1nncn1CCNC(=NCCCN(C)c1ccccc1)NC(C)COC.I. The zero-order chi connectivity index (χ0) is 20.9.